The van der Waals surface area contributed by atoms with Gasteiger partial charge in [0.05, 0.1) is 0 Å². The molecule has 0 aromatic heterocycles. The number of rotatable bonds is 8. The minimum atomic E-state index is -2.84. The van der Waals surface area contributed by atoms with Crippen molar-refractivity contribution in [3.8, 4) is 23.0 Å². The Morgan fingerprint density at radius 3 is 2.10 bits per heavy atom. The van der Waals surface area contributed by atoms with Crippen LogP contribution >= 0.6 is 0 Å². The van der Waals surface area contributed by atoms with Gasteiger partial charge < -0.3 is 14.2 Å². The summed E-state index contributed by atoms with van der Waals surface area (Å²) >= 11 is 0. The van der Waals surface area contributed by atoms with Crippen molar-refractivity contribution < 1.29 is 23.0 Å². The molecule has 0 radical (unpaired) electrons. The fraction of sp³-hybridized carbons (Fsp3) is 0.250. The number of hydrogen-bond donors (Lipinski definition) is 0. The van der Waals surface area contributed by atoms with Crippen LogP contribution < -0.4 is 14.2 Å². The number of para-hydroxylation sites is 1. The van der Waals surface area contributed by atoms with Crippen molar-refractivity contribution >= 4 is 0 Å². The molecule has 4 rings (SSSR count). The zero-order valence-corrected chi connectivity index (χ0v) is 16.1. The largest absolute Gasteiger partial charge is 0.483 e. The number of halogens is 2. The third kappa shape index (κ3) is 4.67. The van der Waals surface area contributed by atoms with Gasteiger partial charge in [0.1, 0.15) is 28.6 Å². The van der Waals surface area contributed by atoms with Crippen molar-refractivity contribution in [2.45, 2.75) is 32.0 Å². The molecule has 3 aromatic carbocycles. The second-order valence-electron chi connectivity index (χ2n) is 7.28. The summed E-state index contributed by atoms with van der Waals surface area (Å²) in [5, 5.41) is 0. The third-order valence-corrected chi connectivity index (χ3v) is 5.12. The van der Waals surface area contributed by atoms with Gasteiger partial charge in [0, 0.05) is 5.92 Å². The maximum atomic E-state index is 12.4. The Morgan fingerprint density at radius 1 is 0.793 bits per heavy atom. The first kappa shape index (κ1) is 19.2. The predicted octanol–water partition coefficient (Wildman–Crippen LogP) is 6.78. The summed E-state index contributed by atoms with van der Waals surface area (Å²) < 4.78 is 41.5. The molecular weight excluding hydrogens is 374 g/mol. The lowest BCUT2D eigenvalue weighted by atomic mass is 9.90. The standard InChI is InChI=1S/C24H22F2O3/c1-24(17-10-11-17,29-21-14-12-20(13-15-21)28-23(25)26)18-6-5-9-22(16-18)27-19-7-3-2-4-8-19/h2-9,12-17,23H,10-11H2,1H3. The van der Waals surface area contributed by atoms with Crippen LogP contribution in [0.1, 0.15) is 25.3 Å². The number of benzene rings is 3. The van der Waals surface area contributed by atoms with Crippen LogP contribution in [0, 0.1) is 5.92 Å². The minimum absolute atomic E-state index is 0.110. The molecule has 5 heteroatoms. The van der Waals surface area contributed by atoms with E-state index in [0.29, 0.717) is 11.7 Å². The molecule has 0 saturated heterocycles. The van der Waals surface area contributed by atoms with Gasteiger partial charge in [-0.2, -0.15) is 8.78 Å². The van der Waals surface area contributed by atoms with E-state index < -0.39 is 12.2 Å². The Bertz CT molecular complexity index is 940. The first-order valence-electron chi connectivity index (χ1n) is 9.60. The summed E-state index contributed by atoms with van der Waals surface area (Å²) in [7, 11) is 0. The SMILES string of the molecule is CC(Oc1ccc(OC(F)F)cc1)(c1cccc(Oc2ccccc2)c1)C1CC1. The monoisotopic (exact) mass is 396 g/mol. The lowest BCUT2D eigenvalue weighted by Crippen LogP contribution is -2.32. The fourth-order valence-electron chi connectivity index (χ4n) is 3.44. The third-order valence-electron chi connectivity index (χ3n) is 5.12. The summed E-state index contributed by atoms with van der Waals surface area (Å²) in [6.45, 7) is -0.776. The van der Waals surface area contributed by atoms with Crippen molar-refractivity contribution in [2.75, 3.05) is 0 Å². The van der Waals surface area contributed by atoms with Gasteiger partial charge >= 0.3 is 6.61 Å². The van der Waals surface area contributed by atoms with Gasteiger partial charge in [-0.3, -0.25) is 0 Å². The molecule has 0 heterocycles. The van der Waals surface area contributed by atoms with Crippen LogP contribution in [0.15, 0.2) is 78.9 Å². The van der Waals surface area contributed by atoms with Gasteiger partial charge in [0.25, 0.3) is 0 Å². The Hall–Kier alpha value is -3.08. The number of alkyl halides is 2. The molecule has 0 amide bonds. The highest BCUT2D eigenvalue weighted by Gasteiger charge is 2.45. The van der Waals surface area contributed by atoms with Crippen LogP contribution in [0.5, 0.6) is 23.0 Å². The Balaban J connectivity index is 1.56. The molecule has 1 aliphatic rings. The summed E-state index contributed by atoms with van der Waals surface area (Å²) in [6.07, 6.45) is 2.15. The Morgan fingerprint density at radius 2 is 1.45 bits per heavy atom. The molecule has 1 aliphatic carbocycles. The molecule has 29 heavy (non-hydrogen) atoms. The molecule has 0 aliphatic heterocycles. The van der Waals surface area contributed by atoms with Crippen molar-refractivity contribution in [2.24, 2.45) is 5.92 Å². The maximum Gasteiger partial charge on any atom is 0.387 e. The highest BCUT2D eigenvalue weighted by Crippen LogP contribution is 2.49. The van der Waals surface area contributed by atoms with Crippen LogP contribution in [0.3, 0.4) is 0 Å². The Kier molecular flexibility index (Phi) is 5.38. The second-order valence-corrected chi connectivity index (χ2v) is 7.28. The molecular formula is C24H22F2O3. The number of hydrogen-bond acceptors (Lipinski definition) is 3. The van der Waals surface area contributed by atoms with E-state index in [1.54, 1.807) is 12.1 Å². The van der Waals surface area contributed by atoms with Crippen molar-refractivity contribution in [3.63, 3.8) is 0 Å². The fourth-order valence-corrected chi connectivity index (χ4v) is 3.44. The van der Waals surface area contributed by atoms with E-state index in [-0.39, 0.29) is 5.75 Å². The van der Waals surface area contributed by atoms with Crippen molar-refractivity contribution in [1.29, 1.82) is 0 Å². The average Bonchev–Trinajstić information content (AvgIpc) is 3.56. The average molecular weight is 396 g/mol. The van der Waals surface area contributed by atoms with Gasteiger partial charge in [-0.15, -0.1) is 0 Å². The zero-order chi connectivity index (χ0) is 20.3. The van der Waals surface area contributed by atoms with Gasteiger partial charge in [-0.05, 0) is 73.9 Å². The molecule has 0 spiro atoms. The molecule has 3 aromatic rings. The quantitative estimate of drug-likeness (QED) is 0.420. The number of ether oxygens (including phenoxy) is 3. The van der Waals surface area contributed by atoms with E-state index >= 15 is 0 Å². The van der Waals surface area contributed by atoms with Gasteiger partial charge in [-0.25, -0.2) is 0 Å². The molecule has 1 saturated carbocycles. The highest BCUT2D eigenvalue weighted by molar-refractivity contribution is 5.39. The van der Waals surface area contributed by atoms with Crippen LogP contribution in [-0.4, -0.2) is 6.61 Å². The van der Waals surface area contributed by atoms with E-state index in [1.165, 1.54) is 12.1 Å². The van der Waals surface area contributed by atoms with Crippen LogP contribution in [0.25, 0.3) is 0 Å². The molecule has 1 unspecified atom stereocenters. The van der Waals surface area contributed by atoms with Crippen molar-refractivity contribution in [3.05, 3.63) is 84.4 Å². The highest BCUT2D eigenvalue weighted by atomic mass is 19.3. The van der Waals surface area contributed by atoms with Gasteiger partial charge in [0.2, 0.25) is 0 Å². The predicted molar refractivity (Wildman–Crippen MR) is 107 cm³/mol. The lowest BCUT2D eigenvalue weighted by Gasteiger charge is -2.32. The first-order chi connectivity index (χ1) is 14.0. The zero-order valence-electron chi connectivity index (χ0n) is 16.1. The van der Waals surface area contributed by atoms with Crippen LogP contribution in [0.4, 0.5) is 8.78 Å². The molecule has 0 bridgehead atoms. The normalized spacial score (nSPS) is 15.6. The lowest BCUT2D eigenvalue weighted by molar-refractivity contribution is -0.0499. The summed E-state index contributed by atoms with van der Waals surface area (Å²) in [6, 6.07) is 23.8. The molecule has 3 nitrogen and oxygen atoms in total. The summed E-state index contributed by atoms with van der Waals surface area (Å²) in [4.78, 5) is 0. The van der Waals surface area contributed by atoms with E-state index in [1.807, 2.05) is 54.6 Å². The topological polar surface area (TPSA) is 27.7 Å². The summed E-state index contributed by atoms with van der Waals surface area (Å²) in [5.41, 5.74) is 0.475. The summed E-state index contributed by atoms with van der Waals surface area (Å²) in [5.74, 6) is 2.61. The van der Waals surface area contributed by atoms with Gasteiger partial charge in [0.15, 0.2) is 0 Å². The molecule has 1 atom stereocenters. The minimum Gasteiger partial charge on any atom is -0.483 e. The molecule has 1 fully saturated rings. The molecule has 0 N–H and O–H groups in total. The van der Waals surface area contributed by atoms with E-state index in [0.717, 1.165) is 29.9 Å². The van der Waals surface area contributed by atoms with E-state index in [2.05, 4.69) is 11.7 Å². The maximum absolute atomic E-state index is 12.4. The van der Waals surface area contributed by atoms with Gasteiger partial charge in [-0.1, -0.05) is 30.3 Å². The van der Waals surface area contributed by atoms with Crippen molar-refractivity contribution in [1.82, 2.24) is 0 Å². The second kappa shape index (κ2) is 8.11. The van der Waals surface area contributed by atoms with Crippen LogP contribution in [0.2, 0.25) is 0 Å². The Labute approximate surface area is 168 Å². The smallest absolute Gasteiger partial charge is 0.387 e. The van der Waals surface area contributed by atoms with Crippen LogP contribution in [-0.2, 0) is 5.60 Å². The first-order valence-corrected chi connectivity index (χ1v) is 9.60. The molecule has 150 valence electrons. The van der Waals surface area contributed by atoms with E-state index in [4.69, 9.17) is 9.47 Å². The van der Waals surface area contributed by atoms with E-state index in [9.17, 15) is 8.78 Å².